The van der Waals surface area contributed by atoms with Gasteiger partial charge in [0.05, 0.1) is 5.52 Å². The first-order valence-electron chi connectivity index (χ1n) is 17.6. The third-order valence-electron chi connectivity index (χ3n) is 10.5. The Bertz CT molecular complexity index is 2760. The standard InChI is InChI=1S/C35H25N2O.C11H8N.Ir/c1-2-7-21(6-1)16-22-14-15-36-30(17-22)23-12-13-31-27(18-23)25-9-5-10-26-28-20-34-29(19-32(28)37(31)35(25)26)24-8-3-4-11-33(24)38-34;1-2-6-10(7-3-1)11-8-4-5-9-12-11;/h3-5,8-11,13-15,17-21H,1-2,6-7,16H2;1-6,8-9H;/q2*-1;. The maximum Gasteiger partial charge on any atom is 0.136 e. The summed E-state index contributed by atoms with van der Waals surface area (Å²) >= 11 is 0. The number of para-hydroxylation sites is 2. The molecule has 51 heavy (non-hydrogen) atoms. The average Bonchev–Trinajstić information content (AvgIpc) is 3.97. The second-order valence-electron chi connectivity index (χ2n) is 13.5. The van der Waals surface area contributed by atoms with Gasteiger partial charge in [-0.05, 0) is 65.0 Å². The summed E-state index contributed by atoms with van der Waals surface area (Å²) in [4.78, 5) is 8.97. The van der Waals surface area contributed by atoms with E-state index in [-0.39, 0.29) is 20.1 Å². The summed E-state index contributed by atoms with van der Waals surface area (Å²) in [5.41, 5.74) is 11.0. The maximum atomic E-state index is 6.23. The molecule has 0 bridgehead atoms. The fraction of sp³-hybridized carbons (Fsp3) is 0.130. The molecule has 0 amide bonds. The monoisotopic (exact) mass is 836 g/mol. The summed E-state index contributed by atoms with van der Waals surface area (Å²) < 4.78 is 8.65. The van der Waals surface area contributed by atoms with Gasteiger partial charge >= 0.3 is 0 Å². The minimum absolute atomic E-state index is 0. The van der Waals surface area contributed by atoms with Crippen molar-refractivity contribution in [3.8, 4) is 22.5 Å². The van der Waals surface area contributed by atoms with Gasteiger partial charge in [0.25, 0.3) is 0 Å². The first-order valence-corrected chi connectivity index (χ1v) is 17.6. The average molecular weight is 836 g/mol. The molecule has 4 nitrogen and oxygen atoms in total. The van der Waals surface area contributed by atoms with Crippen molar-refractivity contribution in [3.05, 3.63) is 151 Å². The number of hydrogen-bond acceptors (Lipinski definition) is 3. The molecule has 5 aromatic heterocycles. The van der Waals surface area contributed by atoms with E-state index < -0.39 is 0 Å². The normalized spacial score (nSPS) is 13.4. The van der Waals surface area contributed by atoms with Crippen LogP contribution in [0.1, 0.15) is 31.2 Å². The van der Waals surface area contributed by atoms with Crippen molar-refractivity contribution in [2.24, 2.45) is 5.92 Å². The molecule has 5 heteroatoms. The van der Waals surface area contributed by atoms with E-state index in [1.807, 2.05) is 60.8 Å². The van der Waals surface area contributed by atoms with Crippen LogP contribution in [0.5, 0.6) is 0 Å². The Morgan fingerprint density at radius 1 is 0.608 bits per heavy atom. The van der Waals surface area contributed by atoms with Crippen LogP contribution in [-0.4, -0.2) is 14.4 Å². The fourth-order valence-corrected chi connectivity index (χ4v) is 8.15. The summed E-state index contributed by atoms with van der Waals surface area (Å²) in [6.45, 7) is 0. The molecule has 0 aliphatic heterocycles. The fourth-order valence-electron chi connectivity index (χ4n) is 8.15. The topological polar surface area (TPSA) is 43.3 Å². The van der Waals surface area contributed by atoms with Gasteiger partial charge in [-0.15, -0.1) is 59.7 Å². The largest absolute Gasteiger partial charge is 0.456 e. The Balaban J connectivity index is 0.000000228. The number of furan rings is 1. The van der Waals surface area contributed by atoms with Gasteiger partial charge in [-0.2, -0.15) is 0 Å². The maximum absolute atomic E-state index is 6.23. The van der Waals surface area contributed by atoms with Crippen molar-refractivity contribution < 1.29 is 24.5 Å². The number of benzene rings is 5. The SMILES string of the molecule is [Ir].[c-]1cc2c(cc1-c1cc(CC3CCCC3)ccn1)c1cccc3c4cc5oc6ccccc6c5cc4n2c13.[c-]1ccccc1-c1ccccn1. The molecule has 0 N–H and O–H groups in total. The Hall–Kier alpha value is -5.35. The van der Waals surface area contributed by atoms with E-state index >= 15 is 0 Å². The number of hydrogen-bond donors (Lipinski definition) is 0. The molecule has 249 valence electrons. The molecule has 1 aliphatic carbocycles. The summed E-state index contributed by atoms with van der Waals surface area (Å²) in [6, 6.07) is 48.8. The molecular formula is C46H33IrN3O-2. The van der Waals surface area contributed by atoms with Crippen molar-refractivity contribution in [2.75, 3.05) is 0 Å². The number of fused-ring (bicyclic) bond motifs is 9. The molecule has 11 rings (SSSR count). The molecule has 10 aromatic rings. The molecule has 1 aliphatic rings. The summed E-state index contributed by atoms with van der Waals surface area (Å²) in [5.74, 6) is 0.824. The van der Waals surface area contributed by atoms with Crippen LogP contribution in [0.2, 0.25) is 0 Å². The van der Waals surface area contributed by atoms with Crippen LogP contribution >= 0.6 is 0 Å². The molecule has 1 fully saturated rings. The first kappa shape index (κ1) is 31.6. The van der Waals surface area contributed by atoms with Crippen LogP contribution in [0.4, 0.5) is 0 Å². The van der Waals surface area contributed by atoms with E-state index in [0.717, 1.165) is 56.8 Å². The van der Waals surface area contributed by atoms with Crippen molar-refractivity contribution in [1.29, 1.82) is 0 Å². The number of pyridine rings is 2. The zero-order chi connectivity index (χ0) is 33.0. The molecular weight excluding hydrogens is 803 g/mol. The predicted molar refractivity (Wildman–Crippen MR) is 205 cm³/mol. The molecule has 1 radical (unpaired) electrons. The van der Waals surface area contributed by atoms with Crippen LogP contribution in [-0.2, 0) is 26.5 Å². The van der Waals surface area contributed by atoms with E-state index in [0.29, 0.717) is 0 Å². The van der Waals surface area contributed by atoms with E-state index in [9.17, 15) is 0 Å². The summed E-state index contributed by atoms with van der Waals surface area (Å²) in [5, 5.41) is 7.32. The van der Waals surface area contributed by atoms with Crippen LogP contribution < -0.4 is 0 Å². The minimum atomic E-state index is 0. The smallest absolute Gasteiger partial charge is 0.136 e. The van der Waals surface area contributed by atoms with Gasteiger partial charge in [0.2, 0.25) is 0 Å². The van der Waals surface area contributed by atoms with Crippen molar-refractivity contribution in [3.63, 3.8) is 0 Å². The van der Waals surface area contributed by atoms with Gasteiger partial charge in [0.1, 0.15) is 11.2 Å². The molecule has 0 unspecified atom stereocenters. The third kappa shape index (κ3) is 5.49. The number of aromatic nitrogens is 3. The first-order chi connectivity index (χ1) is 24.8. The van der Waals surface area contributed by atoms with E-state index in [1.54, 1.807) is 6.20 Å². The van der Waals surface area contributed by atoms with Gasteiger partial charge in [-0.1, -0.05) is 91.2 Å². The van der Waals surface area contributed by atoms with Crippen molar-refractivity contribution in [1.82, 2.24) is 14.4 Å². The number of rotatable bonds is 4. The second kappa shape index (κ2) is 13.1. The molecule has 1 saturated carbocycles. The Morgan fingerprint density at radius 2 is 1.39 bits per heavy atom. The zero-order valence-corrected chi connectivity index (χ0v) is 30.3. The molecule has 0 spiro atoms. The molecule has 5 aromatic carbocycles. The Labute approximate surface area is 309 Å². The van der Waals surface area contributed by atoms with Gasteiger partial charge in [-0.25, -0.2) is 0 Å². The van der Waals surface area contributed by atoms with Gasteiger partial charge < -0.3 is 18.8 Å². The quantitative estimate of drug-likeness (QED) is 0.166. The summed E-state index contributed by atoms with van der Waals surface area (Å²) in [6.07, 6.45) is 10.4. The minimum Gasteiger partial charge on any atom is -0.456 e. The predicted octanol–water partition coefficient (Wildman–Crippen LogP) is 11.9. The zero-order valence-electron chi connectivity index (χ0n) is 27.9. The molecule has 0 atom stereocenters. The molecule has 0 saturated heterocycles. The Kier molecular flexibility index (Phi) is 8.11. The van der Waals surface area contributed by atoms with Crippen LogP contribution in [0.15, 0.2) is 138 Å². The summed E-state index contributed by atoms with van der Waals surface area (Å²) in [7, 11) is 0. The van der Waals surface area contributed by atoms with Gasteiger partial charge in [-0.3, -0.25) is 0 Å². The van der Waals surface area contributed by atoms with Crippen molar-refractivity contribution in [2.45, 2.75) is 32.1 Å². The number of nitrogens with zero attached hydrogens (tertiary/aromatic N) is 3. The van der Waals surface area contributed by atoms with Gasteiger partial charge in [0, 0.05) is 59.6 Å². The Morgan fingerprint density at radius 3 is 2.22 bits per heavy atom. The van der Waals surface area contributed by atoms with Crippen LogP contribution in [0.3, 0.4) is 0 Å². The van der Waals surface area contributed by atoms with Crippen molar-refractivity contribution >= 4 is 60.0 Å². The van der Waals surface area contributed by atoms with E-state index in [4.69, 9.17) is 9.40 Å². The van der Waals surface area contributed by atoms with Gasteiger partial charge in [0.15, 0.2) is 0 Å². The molecule has 5 heterocycles. The van der Waals surface area contributed by atoms with E-state index in [1.165, 1.54) is 69.3 Å². The van der Waals surface area contributed by atoms with Crippen LogP contribution in [0, 0.1) is 18.1 Å². The second-order valence-corrected chi connectivity index (χ2v) is 13.5. The van der Waals surface area contributed by atoms with Crippen LogP contribution in [0.25, 0.3) is 82.5 Å². The third-order valence-corrected chi connectivity index (χ3v) is 10.5. The van der Waals surface area contributed by atoms with E-state index in [2.05, 4.69) is 88.2 Å².